The summed E-state index contributed by atoms with van der Waals surface area (Å²) in [6.45, 7) is 8.74. The van der Waals surface area contributed by atoms with Crippen LogP contribution in [-0.2, 0) is 15.7 Å². The van der Waals surface area contributed by atoms with E-state index in [9.17, 15) is 18.0 Å². The third-order valence-electron chi connectivity index (χ3n) is 8.93. The van der Waals surface area contributed by atoms with Crippen LogP contribution in [0.5, 0.6) is 0 Å². The second kappa shape index (κ2) is 22.1. The van der Waals surface area contributed by atoms with Crippen LogP contribution >= 0.6 is 36.6 Å². The highest BCUT2D eigenvalue weighted by molar-refractivity contribution is 7.99. The Morgan fingerprint density at radius 3 is 1.94 bits per heavy atom. The van der Waals surface area contributed by atoms with Crippen LogP contribution in [0.2, 0.25) is 0 Å². The highest BCUT2D eigenvalue weighted by Crippen LogP contribution is 2.49. The first-order chi connectivity index (χ1) is 21.8. The molecule has 2 aromatic rings. The molecule has 2 heterocycles. The summed E-state index contributed by atoms with van der Waals surface area (Å²) in [5, 5.41) is 0. The number of piperazine rings is 1. The molecule has 0 aromatic heterocycles. The lowest BCUT2D eigenvalue weighted by atomic mass is 10.1. The molecule has 4 rings (SSSR count). The molecule has 2 aliphatic rings. The molecule has 11 heteroatoms. The van der Waals surface area contributed by atoms with Crippen LogP contribution in [0.4, 0.5) is 24.5 Å². The summed E-state index contributed by atoms with van der Waals surface area (Å²) in [6.07, 6.45) is 11.0. The molecular formula is C36H54Cl2F3N3O2S. The van der Waals surface area contributed by atoms with Crippen LogP contribution in [0.1, 0.15) is 96.0 Å². The van der Waals surface area contributed by atoms with Gasteiger partial charge in [-0.2, -0.15) is 13.2 Å². The van der Waals surface area contributed by atoms with Gasteiger partial charge in [-0.3, -0.25) is 9.69 Å². The fraction of sp³-hybridized carbons (Fsp3) is 0.639. The van der Waals surface area contributed by atoms with E-state index in [1.54, 1.807) is 6.07 Å². The first kappa shape index (κ1) is 41.5. The van der Waals surface area contributed by atoms with Crippen molar-refractivity contribution >= 4 is 53.9 Å². The third kappa shape index (κ3) is 14.0. The molecule has 2 aromatic carbocycles. The van der Waals surface area contributed by atoms with E-state index in [0.29, 0.717) is 25.3 Å². The standard InChI is InChI=1S/C36H52F3N3O2S.2ClH/c1-2-3-4-5-6-7-8-9-10-11-12-18-35(43)44-28-27-41-25-23-40(24-26-41)21-15-22-42-31-16-13-14-17-33(31)45-34-20-19-30(29-32(34)42)36(37,38)39;;/h13-14,16-17,19-20,29H,2-12,15,18,21-28H2,1H3;2*1H. The van der Waals surface area contributed by atoms with Crippen molar-refractivity contribution in [3.05, 3.63) is 48.0 Å². The second-order valence-electron chi connectivity index (χ2n) is 12.4. The largest absolute Gasteiger partial charge is 0.464 e. The van der Waals surface area contributed by atoms with E-state index in [1.165, 1.54) is 81.7 Å². The zero-order valence-electron chi connectivity index (χ0n) is 27.9. The smallest absolute Gasteiger partial charge is 0.416 e. The number of ether oxygens (including phenoxy) is 1. The Labute approximate surface area is 297 Å². The van der Waals surface area contributed by atoms with Crippen LogP contribution in [-0.4, -0.2) is 68.2 Å². The number of carbonyl (C=O) groups is 1. The van der Waals surface area contributed by atoms with Crippen LogP contribution in [0.3, 0.4) is 0 Å². The number of fused-ring (bicyclic) bond motifs is 2. The van der Waals surface area contributed by atoms with Gasteiger partial charge in [0, 0.05) is 55.5 Å². The number of alkyl halides is 3. The number of halogens is 5. The van der Waals surface area contributed by atoms with Gasteiger partial charge >= 0.3 is 12.1 Å². The highest BCUT2D eigenvalue weighted by atomic mass is 35.5. The van der Waals surface area contributed by atoms with Crippen LogP contribution in [0, 0.1) is 0 Å². The maximum atomic E-state index is 13.5. The van der Waals surface area contributed by atoms with E-state index in [-0.39, 0.29) is 30.8 Å². The fourth-order valence-electron chi connectivity index (χ4n) is 6.23. The number of rotatable bonds is 19. The lowest BCUT2D eigenvalue weighted by Crippen LogP contribution is -2.47. The summed E-state index contributed by atoms with van der Waals surface area (Å²) >= 11 is 1.53. The van der Waals surface area contributed by atoms with Gasteiger partial charge in [0.05, 0.1) is 16.9 Å². The number of hydrogen-bond acceptors (Lipinski definition) is 6. The van der Waals surface area contributed by atoms with E-state index in [1.807, 2.05) is 24.3 Å². The molecule has 0 spiro atoms. The predicted octanol–water partition coefficient (Wildman–Crippen LogP) is 10.4. The van der Waals surface area contributed by atoms with Crippen molar-refractivity contribution in [2.45, 2.75) is 106 Å². The molecule has 0 atom stereocenters. The van der Waals surface area contributed by atoms with E-state index in [2.05, 4.69) is 21.6 Å². The maximum Gasteiger partial charge on any atom is 0.416 e. The van der Waals surface area contributed by atoms with Crippen molar-refractivity contribution in [1.29, 1.82) is 0 Å². The molecule has 0 aliphatic carbocycles. The third-order valence-corrected chi connectivity index (χ3v) is 10.1. The molecule has 0 N–H and O–H groups in total. The van der Waals surface area contributed by atoms with Gasteiger partial charge in [-0.1, -0.05) is 95.0 Å². The second-order valence-corrected chi connectivity index (χ2v) is 13.5. The number of anilines is 2. The number of benzene rings is 2. The Kier molecular flexibility index (Phi) is 19.6. The van der Waals surface area contributed by atoms with Gasteiger partial charge in [-0.15, -0.1) is 24.8 Å². The summed E-state index contributed by atoms with van der Waals surface area (Å²) < 4.78 is 46.0. The van der Waals surface area contributed by atoms with Crippen molar-refractivity contribution in [1.82, 2.24) is 9.80 Å². The number of esters is 1. The highest BCUT2D eigenvalue weighted by Gasteiger charge is 2.33. The molecule has 0 radical (unpaired) electrons. The number of carbonyl (C=O) groups excluding carboxylic acids is 1. The van der Waals surface area contributed by atoms with Crippen molar-refractivity contribution in [2.75, 3.05) is 57.3 Å². The van der Waals surface area contributed by atoms with Crippen molar-refractivity contribution < 1.29 is 22.7 Å². The van der Waals surface area contributed by atoms with E-state index in [4.69, 9.17) is 4.74 Å². The van der Waals surface area contributed by atoms with Gasteiger partial charge in [0.25, 0.3) is 0 Å². The van der Waals surface area contributed by atoms with Gasteiger partial charge in [-0.25, -0.2) is 0 Å². The first-order valence-corrected chi connectivity index (χ1v) is 18.0. The Balaban J connectivity index is 0.00000384. The molecule has 2 aliphatic heterocycles. The Morgan fingerprint density at radius 1 is 0.723 bits per heavy atom. The van der Waals surface area contributed by atoms with Crippen molar-refractivity contribution in [2.24, 2.45) is 0 Å². The fourth-order valence-corrected chi connectivity index (χ4v) is 7.31. The topological polar surface area (TPSA) is 36.0 Å². The molecule has 0 amide bonds. The summed E-state index contributed by atoms with van der Waals surface area (Å²) in [5.41, 5.74) is 0.996. The summed E-state index contributed by atoms with van der Waals surface area (Å²) in [5.74, 6) is -0.0776. The monoisotopic (exact) mass is 719 g/mol. The number of hydrogen-bond donors (Lipinski definition) is 0. The van der Waals surface area contributed by atoms with Crippen molar-refractivity contribution in [3.8, 4) is 0 Å². The van der Waals surface area contributed by atoms with Gasteiger partial charge in [0.1, 0.15) is 6.61 Å². The molecule has 266 valence electrons. The maximum absolute atomic E-state index is 13.5. The van der Waals surface area contributed by atoms with E-state index < -0.39 is 11.7 Å². The quantitative estimate of drug-likeness (QED) is 0.106. The summed E-state index contributed by atoms with van der Waals surface area (Å²) in [7, 11) is 0. The Hall–Kier alpha value is -1.65. The average Bonchev–Trinajstić information content (AvgIpc) is 3.03. The molecule has 47 heavy (non-hydrogen) atoms. The molecule has 0 saturated carbocycles. The van der Waals surface area contributed by atoms with Gasteiger partial charge in [-0.05, 0) is 49.7 Å². The number of unbranched alkanes of at least 4 members (excludes halogenated alkanes) is 10. The van der Waals surface area contributed by atoms with Crippen molar-refractivity contribution in [3.63, 3.8) is 0 Å². The minimum absolute atomic E-state index is 0. The molecule has 5 nitrogen and oxygen atoms in total. The summed E-state index contributed by atoms with van der Waals surface area (Å²) in [6, 6.07) is 12.0. The predicted molar refractivity (Wildman–Crippen MR) is 193 cm³/mol. The lowest BCUT2D eigenvalue weighted by Gasteiger charge is -2.36. The molecule has 0 bridgehead atoms. The minimum Gasteiger partial charge on any atom is -0.464 e. The Bertz CT molecular complexity index is 1180. The van der Waals surface area contributed by atoms with Crippen LogP contribution < -0.4 is 4.90 Å². The number of para-hydroxylation sites is 1. The lowest BCUT2D eigenvalue weighted by molar-refractivity contribution is -0.144. The normalized spacial score (nSPS) is 14.9. The van der Waals surface area contributed by atoms with Gasteiger partial charge in [0.2, 0.25) is 0 Å². The average molecular weight is 721 g/mol. The molecule has 0 unspecified atom stereocenters. The number of nitrogens with zero attached hydrogens (tertiary/aromatic N) is 3. The minimum atomic E-state index is -4.37. The van der Waals surface area contributed by atoms with Gasteiger partial charge in [0.15, 0.2) is 0 Å². The zero-order chi connectivity index (χ0) is 31.9. The van der Waals surface area contributed by atoms with Crippen LogP contribution in [0.15, 0.2) is 52.3 Å². The summed E-state index contributed by atoms with van der Waals surface area (Å²) in [4.78, 5) is 20.9. The Morgan fingerprint density at radius 2 is 1.30 bits per heavy atom. The molecular weight excluding hydrogens is 666 g/mol. The van der Waals surface area contributed by atoms with E-state index in [0.717, 1.165) is 74.0 Å². The van der Waals surface area contributed by atoms with E-state index >= 15 is 0 Å². The van der Waals surface area contributed by atoms with Crippen LogP contribution in [0.25, 0.3) is 0 Å². The zero-order valence-corrected chi connectivity index (χ0v) is 30.4. The SMILES string of the molecule is CCCCCCCCCCCCCC(=O)OCCN1CCN(CCCN2c3ccccc3Sc3ccc(C(F)(F)F)cc32)CC1.Cl.Cl. The first-order valence-electron chi connectivity index (χ1n) is 17.2. The molecule has 1 saturated heterocycles. The molecule has 1 fully saturated rings. The van der Waals surface area contributed by atoms with Gasteiger partial charge < -0.3 is 14.5 Å².